The molecule has 0 bridgehead atoms. The summed E-state index contributed by atoms with van der Waals surface area (Å²) in [5, 5.41) is 14.6. The van der Waals surface area contributed by atoms with Gasteiger partial charge in [0.15, 0.2) is 0 Å². The van der Waals surface area contributed by atoms with Crippen LogP contribution in [0.3, 0.4) is 0 Å². The van der Waals surface area contributed by atoms with Gasteiger partial charge in [-0.05, 0) is 51.3 Å². The maximum atomic E-state index is 10.5. The molecule has 0 spiro atoms. The van der Waals surface area contributed by atoms with Crippen molar-refractivity contribution in [1.82, 2.24) is 5.32 Å². The number of benzene rings is 1. The minimum atomic E-state index is -0.509. The molecule has 0 radical (unpaired) electrons. The molecule has 0 aliphatic rings. The van der Waals surface area contributed by atoms with Crippen LogP contribution in [0.2, 0.25) is 5.02 Å². The third-order valence-corrected chi connectivity index (χ3v) is 3.39. The van der Waals surface area contributed by atoms with E-state index in [9.17, 15) is 5.11 Å². The lowest BCUT2D eigenvalue weighted by molar-refractivity contribution is 0.111. The summed E-state index contributed by atoms with van der Waals surface area (Å²) in [5.74, 6) is 0. The van der Waals surface area contributed by atoms with Crippen LogP contribution in [-0.4, -0.2) is 16.7 Å². The molecule has 1 aromatic rings. The predicted octanol–water partition coefficient (Wildman–Crippen LogP) is 3.85. The van der Waals surface area contributed by atoms with E-state index in [1.807, 2.05) is 25.1 Å². The van der Waals surface area contributed by atoms with E-state index >= 15 is 0 Å². The Balaban J connectivity index is 2.89. The van der Waals surface area contributed by atoms with Crippen molar-refractivity contribution in [2.45, 2.75) is 58.7 Å². The first kappa shape index (κ1) is 15.5. The van der Waals surface area contributed by atoms with Gasteiger partial charge in [-0.2, -0.15) is 0 Å². The highest BCUT2D eigenvalue weighted by Gasteiger charge is 2.23. The van der Waals surface area contributed by atoms with Crippen LogP contribution in [0.4, 0.5) is 0 Å². The molecule has 2 nitrogen and oxygen atoms in total. The first-order chi connectivity index (χ1) is 8.24. The lowest BCUT2D eigenvalue weighted by Gasteiger charge is -2.31. The molecule has 2 atom stereocenters. The van der Waals surface area contributed by atoms with Crippen LogP contribution in [-0.2, 0) is 0 Å². The molecular formula is C15H24ClNO. The predicted molar refractivity (Wildman–Crippen MR) is 78.1 cm³/mol. The average Bonchev–Trinajstić information content (AvgIpc) is 2.27. The van der Waals surface area contributed by atoms with Crippen LogP contribution in [0.15, 0.2) is 18.2 Å². The number of nitrogens with one attached hydrogen (secondary N) is 1. The quantitative estimate of drug-likeness (QED) is 0.870. The first-order valence-electron chi connectivity index (χ1n) is 6.46. The molecular weight excluding hydrogens is 246 g/mol. The SMILES string of the molecule is CCC(NC(C)(C)C)C(O)c1ccc(Cl)c(C)c1. The van der Waals surface area contributed by atoms with Crippen LogP contribution >= 0.6 is 11.6 Å². The summed E-state index contributed by atoms with van der Waals surface area (Å²) < 4.78 is 0. The molecule has 0 aliphatic heterocycles. The van der Waals surface area contributed by atoms with Crippen molar-refractivity contribution >= 4 is 11.6 Å². The van der Waals surface area contributed by atoms with Gasteiger partial charge < -0.3 is 10.4 Å². The topological polar surface area (TPSA) is 32.3 Å². The fraction of sp³-hybridized carbons (Fsp3) is 0.600. The Bertz CT molecular complexity index is 398. The van der Waals surface area contributed by atoms with Crippen LogP contribution in [0.1, 0.15) is 51.3 Å². The number of rotatable bonds is 4. The second-order valence-electron chi connectivity index (χ2n) is 5.86. The van der Waals surface area contributed by atoms with E-state index in [1.165, 1.54) is 0 Å². The summed E-state index contributed by atoms with van der Waals surface area (Å²) in [5.41, 5.74) is 1.91. The molecule has 1 rings (SSSR count). The monoisotopic (exact) mass is 269 g/mol. The summed E-state index contributed by atoms with van der Waals surface area (Å²) in [6, 6.07) is 5.75. The van der Waals surface area contributed by atoms with E-state index in [0.717, 1.165) is 22.6 Å². The number of aliphatic hydroxyl groups excluding tert-OH is 1. The van der Waals surface area contributed by atoms with Crippen LogP contribution in [0.25, 0.3) is 0 Å². The summed E-state index contributed by atoms with van der Waals surface area (Å²) >= 11 is 6.01. The van der Waals surface area contributed by atoms with Gasteiger partial charge in [0, 0.05) is 16.6 Å². The first-order valence-corrected chi connectivity index (χ1v) is 6.84. The van der Waals surface area contributed by atoms with Crippen LogP contribution in [0.5, 0.6) is 0 Å². The molecule has 102 valence electrons. The van der Waals surface area contributed by atoms with Gasteiger partial charge in [-0.1, -0.05) is 30.7 Å². The molecule has 3 heteroatoms. The Morgan fingerprint density at radius 1 is 1.33 bits per heavy atom. The van der Waals surface area contributed by atoms with E-state index in [2.05, 4.69) is 33.0 Å². The van der Waals surface area contributed by atoms with Gasteiger partial charge in [0.2, 0.25) is 0 Å². The molecule has 2 unspecified atom stereocenters. The smallest absolute Gasteiger partial charge is 0.0943 e. The van der Waals surface area contributed by atoms with Gasteiger partial charge in [-0.15, -0.1) is 0 Å². The summed E-state index contributed by atoms with van der Waals surface area (Å²) in [4.78, 5) is 0. The molecule has 0 aliphatic carbocycles. The van der Waals surface area contributed by atoms with Gasteiger partial charge in [0.1, 0.15) is 0 Å². The second-order valence-corrected chi connectivity index (χ2v) is 6.27. The molecule has 0 fully saturated rings. The number of aryl methyl sites for hydroxylation is 1. The Morgan fingerprint density at radius 2 is 1.94 bits per heavy atom. The maximum Gasteiger partial charge on any atom is 0.0943 e. The van der Waals surface area contributed by atoms with Crippen molar-refractivity contribution in [3.05, 3.63) is 34.3 Å². The van der Waals surface area contributed by atoms with Crippen molar-refractivity contribution < 1.29 is 5.11 Å². The number of halogens is 1. The Labute approximate surface area is 115 Å². The fourth-order valence-corrected chi connectivity index (χ4v) is 2.16. The number of hydrogen-bond acceptors (Lipinski definition) is 2. The summed E-state index contributed by atoms with van der Waals surface area (Å²) in [6.07, 6.45) is 0.366. The van der Waals surface area contributed by atoms with Crippen molar-refractivity contribution in [3.8, 4) is 0 Å². The fourth-order valence-electron chi connectivity index (χ4n) is 2.04. The van der Waals surface area contributed by atoms with Crippen LogP contribution in [0, 0.1) is 6.92 Å². The minimum Gasteiger partial charge on any atom is -0.387 e. The zero-order valence-corrected chi connectivity index (χ0v) is 12.7. The minimum absolute atomic E-state index is 0.0108. The van der Waals surface area contributed by atoms with Crippen molar-refractivity contribution in [1.29, 1.82) is 0 Å². The zero-order valence-electron chi connectivity index (χ0n) is 11.9. The van der Waals surface area contributed by atoms with E-state index < -0.39 is 6.10 Å². The van der Waals surface area contributed by atoms with Gasteiger partial charge >= 0.3 is 0 Å². The van der Waals surface area contributed by atoms with E-state index in [4.69, 9.17) is 11.6 Å². The van der Waals surface area contributed by atoms with E-state index in [0.29, 0.717) is 0 Å². The lowest BCUT2D eigenvalue weighted by Crippen LogP contribution is -2.46. The highest BCUT2D eigenvalue weighted by molar-refractivity contribution is 6.31. The average molecular weight is 270 g/mol. The summed E-state index contributed by atoms with van der Waals surface area (Å²) in [6.45, 7) is 10.4. The van der Waals surface area contributed by atoms with Gasteiger partial charge in [0.05, 0.1) is 6.10 Å². The highest BCUT2D eigenvalue weighted by Crippen LogP contribution is 2.25. The third kappa shape index (κ3) is 4.27. The number of hydrogen-bond donors (Lipinski definition) is 2. The van der Waals surface area contributed by atoms with Crippen molar-refractivity contribution in [2.24, 2.45) is 0 Å². The Morgan fingerprint density at radius 3 is 2.39 bits per heavy atom. The maximum absolute atomic E-state index is 10.5. The van der Waals surface area contributed by atoms with Crippen molar-refractivity contribution in [2.75, 3.05) is 0 Å². The van der Waals surface area contributed by atoms with E-state index in [-0.39, 0.29) is 11.6 Å². The standard InChI is InChI=1S/C15H24ClNO/c1-6-13(17-15(3,4)5)14(18)11-7-8-12(16)10(2)9-11/h7-9,13-14,17-18H,6H2,1-5H3. The molecule has 18 heavy (non-hydrogen) atoms. The molecule has 0 saturated carbocycles. The second kappa shape index (κ2) is 6.05. The Hall–Kier alpha value is -0.570. The summed E-state index contributed by atoms with van der Waals surface area (Å²) in [7, 11) is 0. The lowest BCUT2D eigenvalue weighted by atomic mass is 9.96. The third-order valence-electron chi connectivity index (χ3n) is 2.96. The molecule has 0 amide bonds. The van der Waals surface area contributed by atoms with E-state index in [1.54, 1.807) is 0 Å². The normalized spacial score (nSPS) is 15.5. The molecule has 0 heterocycles. The van der Waals surface area contributed by atoms with Gasteiger partial charge in [0.25, 0.3) is 0 Å². The molecule has 0 saturated heterocycles. The van der Waals surface area contributed by atoms with Crippen molar-refractivity contribution in [3.63, 3.8) is 0 Å². The van der Waals surface area contributed by atoms with Gasteiger partial charge in [-0.3, -0.25) is 0 Å². The molecule has 0 aromatic heterocycles. The van der Waals surface area contributed by atoms with Crippen LogP contribution < -0.4 is 5.32 Å². The molecule has 2 N–H and O–H groups in total. The largest absolute Gasteiger partial charge is 0.387 e. The van der Waals surface area contributed by atoms with Gasteiger partial charge in [-0.25, -0.2) is 0 Å². The number of aliphatic hydroxyl groups is 1. The zero-order chi connectivity index (χ0) is 13.9. The Kier molecular flexibility index (Phi) is 5.20. The molecule has 1 aromatic carbocycles. The highest BCUT2D eigenvalue weighted by atomic mass is 35.5.